The van der Waals surface area contributed by atoms with Gasteiger partial charge < -0.3 is 0 Å². The van der Waals surface area contributed by atoms with Crippen molar-refractivity contribution in [3.05, 3.63) is 0 Å². The Hall–Kier alpha value is 1.39. The van der Waals surface area contributed by atoms with Crippen molar-refractivity contribution in [2.45, 2.75) is 23.0 Å². The van der Waals surface area contributed by atoms with E-state index in [1.54, 1.807) is 0 Å². The normalized spacial score (nSPS) is 10.5. The van der Waals surface area contributed by atoms with Crippen molar-refractivity contribution in [1.82, 2.24) is 0 Å². The first-order chi connectivity index (χ1) is 3.77. The molecule has 0 aromatic rings. The van der Waals surface area contributed by atoms with Gasteiger partial charge in [0.2, 0.25) is 0 Å². The minimum absolute atomic E-state index is 0.520. The third kappa shape index (κ3) is 7.39. The maximum absolute atomic E-state index is 3.41. The van der Waals surface area contributed by atoms with Crippen LogP contribution in [0.2, 0.25) is 0 Å². The molecule has 0 spiro atoms. The molecular formula is C5H11Br2P. The smallest absolute Gasteiger partial charge is 0.0697 e. The summed E-state index contributed by atoms with van der Waals surface area (Å²) in [5, 5.41) is 0. The highest BCUT2D eigenvalue weighted by atomic mass is 79.9. The maximum Gasteiger partial charge on any atom is 0.0697 e. The van der Waals surface area contributed by atoms with E-state index in [0.717, 1.165) is 0 Å². The Balaban J connectivity index is 2.72. The number of unbranched alkanes of at least 4 members (excludes halogenated alkanes) is 1. The van der Waals surface area contributed by atoms with E-state index in [4.69, 9.17) is 0 Å². The highest BCUT2D eigenvalue weighted by molar-refractivity contribution is 9.24. The SMILES string of the molecule is PCCCCC(Br)Br. The number of rotatable bonds is 4. The summed E-state index contributed by atoms with van der Waals surface area (Å²) in [4.78, 5) is 0. The van der Waals surface area contributed by atoms with Crippen molar-refractivity contribution in [3.63, 3.8) is 0 Å². The Kier molecular flexibility index (Phi) is 7.64. The van der Waals surface area contributed by atoms with Crippen molar-refractivity contribution in [1.29, 1.82) is 0 Å². The Labute approximate surface area is 70.3 Å². The van der Waals surface area contributed by atoms with Crippen LogP contribution in [-0.4, -0.2) is 9.90 Å². The second-order valence-corrected chi connectivity index (χ2v) is 5.69. The van der Waals surface area contributed by atoms with Gasteiger partial charge >= 0.3 is 0 Å². The molecule has 0 saturated heterocycles. The Morgan fingerprint density at radius 1 is 1.25 bits per heavy atom. The standard InChI is InChI=1S/C5H11Br2P/c6-5(7)3-1-2-4-8/h5H,1-4,8H2. The van der Waals surface area contributed by atoms with Crippen molar-refractivity contribution < 1.29 is 0 Å². The summed E-state index contributed by atoms with van der Waals surface area (Å²) in [6.07, 6.45) is 5.09. The first kappa shape index (κ1) is 9.39. The van der Waals surface area contributed by atoms with E-state index in [9.17, 15) is 0 Å². The number of hydrogen-bond donors (Lipinski definition) is 0. The average Bonchev–Trinajstić information content (AvgIpc) is 1.66. The van der Waals surface area contributed by atoms with Crippen molar-refractivity contribution in [2.75, 3.05) is 6.16 Å². The van der Waals surface area contributed by atoms with Gasteiger partial charge in [-0.2, -0.15) is 0 Å². The molecule has 0 saturated carbocycles. The molecule has 50 valence electrons. The molecule has 0 bridgehead atoms. The van der Waals surface area contributed by atoms with Gasteiger partial charge in [0.05, 0.1) is 3.74 Å². The van der Waals surface area contributed by atoms with Crippen LogP contribution in [0.1, 0.15) is 19.3 Å². The Morgan fingerprint density at radius 2 is 1.88 bits per heavy atom. The van der Waals surface area contributed by atoms with E-state index in [2.05, 4.69) is 41.1 Å². The van der Waals surface area contributed by atoms with E-state index < -0.39 is 0 Å². The molecule has 0 heterocycles. The lowest BCUT2D eigenvalue weighted by atomic mass is 10.3. The fourth-order valence-corrected chi connectivity index (χ4v) is 1.38. The molecule has 0 amide bonds. The van der Waals surface area contributed by atoms with Crippen LogP contribution >= 0.6 is 41.1 Å². The van der Waals surface area contributed by atoms with Gasteiger partial charge in [0.25, 0.3) is 0 Å². The molecule has 0 aliphatic rings. The molecule has 0 aromatic heterocycles. The highest BCUT2D eigenvalue weighted by Crippen LogP contribution is 2.15. The van der Waals surface area contributed by atoms with E-state index >= 15 is 0 Å². The van der Waals surface area contributed by atoms with Gasteiger partial charge in [-0.25, -0.2) is 0 Å². The minimum Gasteiger partial charge on any atom is -0.138 e. The molecule has 0 fully saturated rings. The highest BCUT2D eigenvalue weighted by Gasteiger charge is 1.94. The summed E-state index contributed by atoms with van der Waals surface area (Å²) in [6, 6.07) is 0. The van der Waals surface area contributed by atoms with Gasteiger partial charge in [-0.15, -0.1) is 9.24 Å². The summed E-state index contributed by atoms with van der Waals surface area (Å²) in [5.41, 5.74) is 0. The summed E-state index contributed by atoms with van der Waals surface area (Å²) in [5.74, 6) is 0. The molecule has 8 heavy (non-hydrogen) atoms. The fraction of sp³-hybridized carbons (Fsp3) is 1.00. The lowest BCUT2D eigenvalue weighted by molar-refractivity contribution is 0.777. The molecule has 0 rings (SSSR count). The zero-order valence-corrected chi connectivity index (χ0v) is 9.07. The van der Waals surface area contributed by atoms with Crippen molar-refractivity contribution in [3.8, 4) is 0 Å². The van der Waals surface area contributed by atoms with Gasteiger partial charge in [-0.3, -0.25) is 0 Å². The molecule has 3 heteroatoms. The summed E-state index contributed by atoms with van der Waals surface area (Å²) in [7, 11) is 2.73. The molecular weight excluding hydrogens is 251 g/mol. The average molecular weight is 262 g/mol. The lowest BCUT2D eigenvalue weighted by Crippen LogP contribution is -1.84. The number of halogens is 2. The van der Waals surface area contributed by atoms with Gasteiger partial charge in [-0.05, 0) is 19.0 Å². The first-order valence-corrected chi connectivity index (χ1v) is 5.40. The topological polar surface area (TPSA) is 0 Å². The van der Waals surface area contributed by atoms with Crippen LogP contribution in [0.3, 0.4) is 0 Å². The summed E-state index contributed by atoms with van der Waals surface area (Å²) < 4.78 is 0.520. The molecule has 0 nitrogen and oxygen atoms in total. The van der Waals surface area contributed by atoms with Gasteiger partial charge in [0.1, 0.15) is 0 Å². The van der Waals surface area contributed by atoms with Gasteiger partial charge in [0, 0.05) is 0 Å². The second-order valence-electron chi connectivity index (χ2n) is 1.68. The summed E-state index contributed by atoms with van der Waals surface area (Å²) in [6.45, 7) is 0. The van der Waals surface area contributed by atoms with E-state index in [-0.39, 0.29) is 0 Å². The van der Waals surface area contributed by atoms with Crippen LogP contribution in [0.4, 0.5) is 0 Å². The van der Waals surface area contributed by atoms with Gasteiger partial charge in [-0.1, -0.05) is 38.3 Å². The van der Waals surface area contributed by atoms with Crippen LogP contribution in [0.25, 0.3) is 0 Å². The monoisotopic (exact) mass is 260 g/mol. The van der Waals surface area contributed by atoms with E-state index in [0.29, 0.717) is 3.74 Å². The van der Waals surface area contributed by atoms with Crippen molar-refractivity contribution in [2.24, 2.45) is 0 Å². The lowest BCUT2D eigenvalue weighted by Gasteiger charge is -1.97. The van der Waals surface area contributed by atoms with Crippen LogP contribution in [0, 0.1) is 0 Å². The van der Waals surface area contributed by atoms with Crippen LogP contribution in [0.5, 0.6) is 0 Å². The molecule has 1 unspecified atom stereocenters. The molecule has 0 radical (unpaired) electrons. The zero-order chi connectivity index (χ0) is 6.41. The van der Waals surface area contributed by atoms with Gasteiger partial charge in [0.15, 0.2) is 0 Å². The third-order valence-corrected chi connectivity index (χ3v) is 2.20. The Morgan fingerprint density at radius 3 is 2.25 bits per heavy atom. The van der Waals surface area contributed by atoms with Crippen molar-refractivity contribution >= 4 is 41.1 Å². The molecule has 0 aliphatic carbocycles. The predicted octanol–water partition coefficient (Wildman–Crippen LogP) is 3.15. The maximum atomic E-state index is 3.41. The van der Waals surface area contributed by atoms with Crippen LogP contribution < -0.4 is 0 Å². The Bertz CT molecular complexity index is 47.7. The zero-order valence-electron chi connectivity index (χ0n) is 4.74. The number of alkyl halides is 2. The largest absolute Gasteiger partial charge is 0.138 e. The quantitative estimate of drug-likeness (QED) is 0.414. The fourth-order valence-electron chi connectivity index (χ4n) is 0.443. The molecule has 1 atom stereocenters. The van der Waals surface area contributed by atoms with Crippen LogP contribution in [0.15, 0.2) is 0 Å². The van der Waals surface area contributed by atoms with E-state index in [1.807, 2.05) is 0 Å². The second kappa shape index (κ2) is 6.51. The third-order valence-electron chi connectivity index (χ3n) is 0.876. The van der Waals surface area contributed by atoms with Crippen LogP contribution in [-0.2, 0) is 0 Å². The summed E-state index contributed by atoms with van der Waals surface area (Å²) >= 11 is 6.83. The van der Waals surface area contributed by atoms with E-state index in [1.165, 1.54) is 25.4 Å². The number of hydrogen-bond acceptors (Lipinski definition) is 0. The molecule has 0 aromatic carbocycles. The molecule has 0 N–H and O–H groups in total. The molecule has 0 aliphatic heterocycles. The predicted molar refractivity (Wildman–Crippen MR) is 50.1 cm³/mol. The first-order valence-electron chi connectivity index (χ1n) is 2.75. The minimum atomic E-state index is 0.520.